The van der Waals surface area contributed by atoms with Crippen LogP contribution in [0.1, 0.15) is 11.5 Å². The van der Waals surface area contributed by atoms with Crippen LogP contribution in [0.25, 0.3) is 0 Å². The molecule has 2 heteroatoms. The van der Waals surface area contributed by atoms with Crippen molar-refractivity contribution in [3.63, 3.8) is 0 Å². The van der Waals surface area contributed by atoms with Gasteiger partial charge in [-0.1, -0.05) is 5.92 Å². The van der Waals surface area contributed by atoms with Crippen molar-refractivity contribution in [2.75, 3.05) is 0 Å². The van der Waals surface area contributed by atoms with E-state index in [0.717, 1.165) is 11.5 Å². The Hall–Kier alpha value is -0.870. The highest BCUT2D eigenvalue weighted by Gasteiger charge is 1.97. The molecule has 0 radical (unpaired) electrons. The molecule has 0 bridgehead atoms. The molecule has 0 spiro atoms. The third kappa shape index (κ3) is 1.55. The predicted molar refractivity (Wildman–Crippen MR) is 40.8 cm³/mol. The lowest BCUT2D eigenvalue weighted by molar-refractivity contribution is 0.492. The Morgan fingerprint density at radius 1 is 1.50 bits per heavy atom. The second kappa shape index (κ2) is 3.34. The monoisotopic (exact) mass is 154 g/mol. The fourth-order valence-corrected chi connectivity index (χ4v) is 0.833. The molecule has 0 unspecified atom stereocenters. The Balaban J connectivity index is 2.70. The maximum absolute atomic E-state index is 5.50. The largest absolute Gasteiger partial charge is 0.464 e. The maximum Gasteiger partial charge on any atom is 0.118 e. The summed E-state index contributed by atoms with van der Waals surface area (Å²) >= 11 is 5.50. The molecule has 0 aliphatic heterocycles. The van der Waals surface area contributed by atoms with Crippen LogP contribution in [0.2, 0.25) is 0 Å². The van der Waals surface area contributed by atoms with Gasteiger partial charge in [0.15, 0.2) is 0 Å². The van der Waals surface area contributed by atoms with Crippen molar-refractivity contribution in [3.05, 3.63) is 23.7 Å². The van der Waals surface area contributed by atoms with E-state index in [1.165, 1.54) is 0 Å². The van der Waals surface area contributed by atoms with Crippen LogP contribution in [0.4, 0.5) is 0 Å². The standard InChI is InChI=1S/C8H7ClO/c1-2-3-7-4-5-8(6-9)10-7/h1,4-5H,3,6H2. The zero-order chi connectivity index (χ0) is 7.40. The minimum atomic E-state index is 0.407. The summed E-state index contributed by atoms with van der Waals surface area (Å²) in [4.78, 5) is 0. The first-order valence-electron chi connectivity index (χ1n) is 2.94. The zero-order valence-electron chi connectivity index (χ0n) is 5.43. The average Bonchev–Trinajstić information content (AvgIpc) is 2.37. The molecular weight excluding hydrogens is 148 g/mol. The summed E-state index contributed by atoms with van der Waals surface area (Å²) in [5, 5.41) is 0. The van der Waals surface area contributed by atoms with E-state index in [0.29, 0.717) is 12.3 Å². The molecule has 10 heavy (non-hydrogen) atoms. The second-order valence-electron chi connectivity index (χ2n) is 1.88. The van der Waals surface area contributed by atoms with E-state index in [2.05, 4.69) is 5.92 Å². The molecule has 0 N–H and O–H groups in total. The highest BCUT2D eigenvalue weighted by Crippen LogP contribution is 2.09. The normalized spacial score (nSPS) is 9.20. The van der Waals surface area contributed by atoms with Crippen LogP contribution in [0.5, 0.6) is 0 Å². The number of alkyl halides is 1. The predicted octanol–water partition coefficient (Wildman–Crippen LogP) is 2.19. The van der Waals surface area contributed by atoms with E-state index < -0.39 is 0 Å². The van der Waals surface area contributed by atoms with E-state index in [9.17, 15) is 0 Å². The van der Waals surface area contributed by atoms with Crippen molar-refractivity contribution in [1.82, 2.24) is 0 Å². The Labute approximate surface area is 65.0 Å². The minimum absolute atomic E-state index is 0.407. The maximum atomic E-state index is 5.50. The number of rotatable bonds is 2. The topological polar surface area (TPSA) is 13.1 Å². The van der Waals surface area contributed by atoms with Crippen molar-refractivity contribution >= 4 is 11.6 Å². The van der Waals surface area contributed by atoms with Gasteiger partial charge in [0.1, 0.15) is 11.5 Å². The molecule has 0 saturated carbocycles. The first-order valence-corrected chi connectivity index (χ1v) is 3.47. The fraction of sp³-hybridized carbons (Fsp3) is 0.250. The highest BCUT2D eigenvalue weighted by molar-refractivity contribution is 6.16. The lowest BCUT2D eigenvalue weighted by atomic mass is 10.3. The first-order chi connectivity index (χ1) is 4.86. The minimum Gasteiger partial charge on any atom is -0.464 e. The molecule has 0 fully saturated rings. The Morgan fingerprint density at radius 3 is 2.70 bits per heavy atom. The molecule has 0 aromatic carbocycles. The third-order valence-corrected chi connectivity index (χ3v) is 1.39. The van der Waals surface area contributed by atoms with Gasteiger partial charge in [-0.25, -0.2) is 0 Å². The van der Waals surface area contributed by atoms with Gasteiger partial charge in [0.25, 0.3) is 0 Å². The summed E-state index contributed by atoms with van der Waals surface area (Å²) in [6.07, 6.45) is 5.61. The molecule has 52 valence electrons. The van der Waals surface area contributed by atoms with Gasteiger partial charge < -0.3 is 4.42 Å². The van der Waals surface area contributed by atoms with Crippen LogP contribution in [0.15, 0.2) is 16.5 Å². The molecular formula is C8H7ClO. The van der Waals surface area contributed by atoms with E-state index in [1.807, 2.05) is 12.1 Å². The van der Waals surface area contributed by atoms with Crippen molar-refractivity contribution in [1.29, 1.82) is 0 Å². The van der Waals surface area contributed by atoms with Gasteiger partial charge >= 0.3 is 0 Å². The van der Waals surface area contributed by atoms with Gasteiger partial charge in [0.2, 0.25) is 0 Å². The second-order valence-corrected chi connectivity index (χ2v) is 2.15. The SMILES string of the molecule is C#CCc1ccc(CCl)o1. The molecule has 1 aromatic heterocycles. The number of furan rings is 1. The van der Waals surface area contributed by atoms with E-state index in [4.69, 9.17) is 22.4 Å². The van der Waals surface area contributed by atoms with Gasteiger partial charge in [0, 0.05) is 0 Å². The molecule has 0 aliphatic rings. The fourth-order valence-electron chi connectivity index (χ4n) is 0.690. The number of hydrogen-bond acceptors (Lipinski definition) is 1. The van der Waals surface area contributed by atoms with Crippen molar-refractivity contribution in [2.45, 2.75) is 12.3 Å². The Kier molecular flexibility index (Phi) is 2.42. The Morgan fingerprint density at radius 2 is 2.20 bits per heavy atom. The lowest BCUT2D eigenvalue weighted by Crippen LogP contribution is -1.73. The summed E-state index contributed by atoms with van der Waals surface area (Å²) in [6.45, 7) is 0. The number of hydrogen-bond donors (Lipinski definition) is 0. The summed E-state index contributed by atoms with van der Waals surface area (Å²) < 4.78 is 5.20. The molecule has 1 heterocycles. The summed E-state index contributed by atoms with van der Waals surface area (Å²) in [6, 6.07) is 3.68. The zero-order valence-corrected chi connectivity index (χ0v) is 6.19. The quantitative estimate of drug-likeness (QED) is 0.470. The molecule has 1 nitrogen and oxygen atoms in total. The van der Waals surface area contributed by atoms with Crippen LogP contribution >= 0.6 is 11.6 Å². The molecule has 0 amide bonds. The molecule has 0 aliphatic carbocycles. The molecule has 1 rings (SSSR count). The van der Waals surface area contributed by atoms with E-state index >= 15 is 0 Å². The van der Waals surface area contributed by atoms with Crippen molar-refractivity contribution < 1.29 is 4.42 Å². The van der Waals surface area contributed by atoms with Crippen LogP contribution in [0.3, 0.4) is 0 Å². The van der Waals surface area contributed by atoms with Crippen LogP contribution < -0.4 is 0 Å². The van der Waals surface area contributed by atoms with Crippen LogP contribution in [-0.2, 0) is 12.3 Å². The van der Waals surface area contributed by atoms with Gasteiger partial charge in [-0.05, 0) is 12.1 Å². The van der Waals surface area contributed by atoms with Crippen LogP contribution in [-0.4, -0.2) is 0 Å². The molecule has 1 aromatic rings. The van der Waals surface area contributed by atoms with Crippen molar-refractivity contribution in [3.8, 4) is 12.3 Å². The van der Waals surface area contributed by atoms with Gasteiger partial charge in [0.05, 0.1) is 12.3 Å². The number of terminal acetylenes is 1. The summed E-state index contributed by atoms with van der Waals surface area (Å²) in [5.74, 6) is 4.47. The lowest BCUT2D eigenvalue weighted by Gasteiger charge is -1.85. The van der Waals surface area contributed by atoms with Gasteiger partial charge in [-0.2, -0.15) is 0 Å². The van der Waals surface area contributed by atoms with Gasteiger partial charge in [-0.3, -0.25) is 0 Å². The van der Waals surface area contributed by atoms with Crippen molar-refractivity contribution in [2.24, 2.45) is 0 Å². The highest BCUT2D eigenvalue weighted by atomic mass is 35.5. The molecule has 0 saturated heterocycles. The average molecular weight is 155 g/mol. The van der Waals surface area contributed by atoms with E-state index in [-0.39, 0.29) is 0 Å². The van der Waals surface area contributed by atoms with E-state index in [1.54, 1.807) is 0 Å². The van der Waals surface area contributed by atoms with Gasteiger partial charge in [-0.15, -0.1) is 18.0 Å². The summed E-state index contributed by atoms with van der Waals surface area (Å²) in [7, 11) is 0. The molecule has 0 atom stereocenters. The Bertz CT molecular complexity index is 244. The summed E-state index contributed by atoms with van der Waals surface area (Å²) in [5.41, 5.74) is 0. The smallest absolute Gasteiger partial charge is 0.118 e. The van der Waals surface area contributed by atoms with Crippen LogP contribution in [0, 0.1) is 12.3 Å². The number of halogens is 1. The third-order valence-electron chi connectivity index (χ3n) is 1.13. The first kappa shape index (κ1) is 7.24.